The number of ether oxygens (including phenoxy) is 2. The summed E-state index contributed by atoms with van der Waals surface area (Å²) < 4.78 is 11.1. The minimum absolute atomic E-state index is 0.373. The number of hydrogen-bond donors (Lipinski definition) is 1. The van der Waals surface area contributed by atoms with Gasteiger partial charge in [-0.05, 0) is 79.1 Å². The van der Waals surface area contributed by atoms with Crippen molar-refractivity contribution in [2.24, 2.45) is 5.10 Å². The second-order valence-corrected chi connectivity index (χ2v) is 8.21. The molecule has 1 amide bonds. The third kappa shape index (κ3) is 6.67. The number of esters is 1. The Morgan fingerprint density at radius 1 is 0.778 bits per heavy atom. The summed E-state index contributed by atoms with van der Waals surface area (Å²) in [6.45, 7) is 3.61. The maximum atomic E-state index is 12.3. The number of hydrogen-bond acceptors (Lipinski definition) is 5. The summed E-state index contributed by atoms with van der Waals surface area (Å²) in [4.78, 5) is 24.6. The number of hydrazone groups is 1. The van der Waals surface area contributed by atoms with Crippen LogP contribution in [0.1, 0.15) is 28.4 Å². The number of amides is 1. The van der Waals surface area contributed by atoms with Gasteiger partial charge in [0.05, 0.1) is 11.8 Å². The first-order chi connectivity index (χ1) is 17.5. The van der Waals surface area contributed by atoms with E-state index in [1.807, 2.05) is 73.7 Å². The molecule has 0 radical (unpaired) electrons. The first-order valence-electron chi connectivity index (χ1n) is 11.5. The second-order valence-electron chi connectivity index (χ2n) is 8.21. The molecule has 6 nitrogen and oxygen atoms in total. The number of rotatable bonds is 8. The van der Waals surface area contributed by atoms with Crippen molar-refractivity contribution in [3.8, 4) is 22.6 Å². The van der Waals surface area contributed by atoms with E-state index in [-0.39, 0.29) is 5.91 Å². The summed E-state index contributed by atoms with van der Waals surface area (Å²) in [6.07, 6.45) is 0.776. The zero-order valence-corrected chi connectivity index (χ0v) is 20.0. The van der Waals surface area contributed by atoms with Crippen LogP contribution in [0.25, 0.3) is 11.1 Å². The molecule has 0 saturated carbocycles. The molecule has 0 heterocycles. The van der Waals surface area contributed by atoms with Crippen molar-refractivity contribution in [1.29, 1.82) is 0 Å². The lowest BCUT2D eigenvalue weighted by Gasteiger charge is -2.13. The Labute approximate surface area is 210 Å². The molecule has 0 saturated heterocycles. The lowest BCUT2D eigenvalue weighted by atomic mass is 10.1. The average Bonchev–Trinajstić information content (AvgIpc) is 2.91. The van der Waals surface area contributed by atoms with Gasteiger partial charge in [-0.2, -0.15) is 5.10 Å². The molecular formula is C30H26N2O4. The van der Waals surface area contributed by atoms with Gasteiger partial charge < -0.3 is 9.47 Å². The Hall–Kier alpha value is -4.71. The molecule has 4 rings (SSSR count). The zero-order chi connectivity index (χ0) is 25.3. The van der Waals surface area contributed by atoms with Crippen molar-refractivity contribution in [3.63, 3.8) is 0 Å². The second kappa shape index (κ2) is 11.6. The number of carbonyl (C=O) groups excluding carboxylic acids is 2. The average molecular weight is 479 g/mol. The fourth-order valence-electron chi connectivity index (χ4n) is 3.35. The maximum Gasteiger partial charge on any atom is 0.343 e. The van der Waals surface area contributed by atoms with Crippen molar-refractivity contribution in [1.82, 2.24) is 5.43 Å². The molecule has 0 bridgehead atoms. The van der Waals surface area contributed by atoms with E-state index in [9.17, 15) is 9.59 Å². The van der Waals surface area contributed by atoms with Gasteiger partial charge in [0, 0.05) is 0 Å². The monoisotopic (exact) mass is 478 g/mol. The van der Waals surface area contributed by atoms with Gasteiger partial charge in [0.25, 0.3) is 5.91 Å². The molecule has 4 aromatic rings. The molecule has 1 atom stereocenters. The topological polar surface area (TPSA) is 77.0 Å². The standard InChI is InChI=1S/C30H26N2O4/c1-21-8-12-26(13-9-21)30(34)36-28-16-10-23(11-17-28)20-31-32-29(33)22(2)35-27-18-14-25(15-19-27)24-6-4-3-5-7-24/h3-20,22H,1-2H3,(H,32,33). The Balaban J connectivity index is 1.25. The molecule has 0 aliphatic heterocycles. The molecular weight excluding hydrogens is 452 g/mol. The van der Waals surface area contributed by atoms with Gasteiger partial charge in [-0.15, -0.1) is 0 Å². The van der Waals surface area contributed by atoms with Crippen molar-refractivity contribution in [2.45, 2.75) is 20.0 Å². The molecule has 0 fully saturated rings. The molecule has 1 N–H and O–H groups in total. The van der Waals surface area contributed by atoms with E-state index in [1.54, 1.807) is 43.3 Å². The third-order valence-corrected chi connectivity index (χ3v) is 5.41. The van der Waals surface area contributed by atoms with Gasteiger partial charge in [0.15, 0.2) is 6.10 Å². The van der Waals surface area contributed by atoms with Gasteiger partial charge in [0.1, 0.15) is 11.5 Å². The van der Waals surface area contributed by atoms with Crippen LogP contribution in [0, 0.1) is 6.92 Å². The van der Waals surface area contributed by atoms with Gasteiger partial charge in [0.2, 0.25) is 0 Å². The molecule has 0 aliphatic carbocycles. The van der Waals surface area contributed by atoms with Crippen LogP contribution < -0.4 is 14.9 Å². The predicted octanol–water partition coefficient (Wildman–Crippen LogP) is 5.80. The van der Waals surface area contributed by atoms with Crippen molar-refractivity contribution < 1.29 is 19.1 Å². The van der Waals surface area contributed by atoms with Crippen molar-refractivity contribution in [2.75, 3.05) is 0 Å². The quantitative estimate of drug-likeness (QED) is 0.150. The van der Waals surface area contributed by atoms with Crippen LogP contribution in [0.15, 0.2) is 108 Å². The highest BCUT2D eigenvalue weighted by Crippen LogP contribution is 2.22. The highest BCUT2D eigenvalue weighted by molar-refractivity contribution is 5.91. The molecule has 1 unspecified atom stereocenters. The summed E-state index contributed by atoms with van der Waals surface area (Å²) >= 11 is 0. The zero-order valence-electron chi connectivity index (χ0n) is 20.0. The van der Waals surface area contributed by atoms with Crippen molar-refractivity contribution in [3.05, 3.63) is 120 Å². The van der Waals surface area contributed by atoms with E-state index in [1.165, 1.54) is 6.21 Å². The van der Waals surface area contributed by atoms with E-state index in [0.29, 0.717) is 17.1 Å². The Morgan fingerprint density at radius 3 is 2.06 bits per heavy atom. The highest BCUT2D eigenvalue weighted by atomic mass is 16.5. The van der Waals surface area contributed by atoms with Crippen LogP contribution in [0.2, 0.25) is 0 Å². The first-order valence-corrected chi connectivity index (χ1v) is 11.5. The van der Waals surface area contributed by atoms with Crippen molar-refractivity contribution >= 4 is 18.1 Å². The summed E-state index contributed by atoms with van der Waals surface area (Å²) in [5.41, 5.74) is 6.95. The number of nitrogens with zero attached hydrogens (tertiary/aromatic N) is 1. The van der Waals surface area contributed by atoms with Crippen LogP contribution in [0.3, 0.4) is 0 Å². The molecule has 6 heteroatoms. The van der Waals surface area contributed by atoms with E-state index < -0.39 is 12.1 Å². The smallest absolute Gasteiger partial charge is 0.343 e. The number of nitrogens with one attached hydrogen (secondary N) is 1. The highest BCUT2D eigenvalue weighted by Gasteiger charge is 2.14. The van der Waals surface area contributed by atoms with Gasteiger partial charge in [-0.1, -0.05) is 60.2 Å². The molecule has 0 spiro atoms. The lowest BCUT2D eigenvalue weighted by molar-refractivity contribution is -0.127. The Kier molecular flexibility index (Phi) is 7.88. The van der Waals surface area contributed by atoms with Crippen LogP contribution in [0.4, 0.5) is 0 Å². The normalized spacial score (nSPS) is 11.6. The minimum atomic E-state index is -0.728. The van der Waals surface area contributed by atoms with Crippen LogP contribution >= 0.6 is 0 Å². The number of benzene rings is 4. The lowest BCUT2D eigenvalue weighted by Crippen LogP contribution is -2.33. The predicted molar refractivity (Wildman–Crippen MR) is 140 cm³/mol. The fourth-order valence-corrected chi connectivity index (χ4v) is 3.35. The van der Waals surface area contributed by atoms with E-state index in [4.69, 9.17) is 9.47 Å². The number of aryl methyl sites for hydroxylation is 1. The summed E-state index contributed by atoms with van der Waals surface area (Å²) in [5.74, 6) is 0.216. The minimum Gasteiger partial charge on any atom is -0.481 e. The van der Waals surface area contributed by atoms with Crippen LogP contribution in [-0.4, -0.2) is 24.2 Å². The SMILES string of the molecule is Cc1ccc(C(=O)Oc2ccc(C=NNC(=O)C(C)Oc3ccc(-c4ccccc4)cc3)cc2)cc1. The maximum absolute atomic E-state index is 12.3. The Bertz CT molecular complexity index is 1330. The molecule has 36 heavy (non-hydrogen) atoms. The number of carbonyl (C=O) groups is 2. The summed E-state index contributed by atoms with van der Waals surface area (Å²) in [5, 5.41) is 3.99. The molecule has 4 aromatic carbocycles. The summed E-state index contributed by atoms with van der Waals surface area (Å²) in [6, 6.07) is 31.6. The van der Waals surface area contributed by atoms with Gasteiger partial charge in [-0.25, -0.2) is 10.2 Å². The van der Waals surface area contributed by atoms with Gasteiger partial charge >= 0.3 is 5.97 Å². The molecule has 0 aliphatic rings. The largest absolute Gasteiger partial charge is 0.481 e. The molecule has 180 valence electrons. The first kappa shape index (κ1) is 24.4. The van der Waals surface area contributed by atoms with Crippen LogP contribution in [0.5, 0.6) is 11.5 Å². The van der Waals surface area contributed by atoms with Gasteiger partial charge in [-0.3, -0.25) is 4.79 Å². The van der Waals surface area contributed by atoms with E-state index in [2.05, 4.69) is 10.5 Å². The third-order valence-electron chi connectivity index (χ3n) is 5.41. The summed E-state index contributed by atoms with van der Waals surface area (Å²) in [7, 11) is 0. The van der Waals surface area contributed by atoms with Crippen LogP contribution in [-0.2, 0) is 4.79 Å². The molecule has 0 aromatic heterocycles. The van der Waals surface area contributed by atoms with E-state index in [0.717, 1.165) is 22.3 Å². The van der Waals surface area contributed by atoms with E-state index >= 15 is 0 Å². The fraction of sp³-hybridized carbons (Fsp3) is 0.100. The Morgan fingerprint density at radius 2 is 1.39 bits per heavy atom.